The molecule has 28 heavy (non-hydrogen) atoms. The van der Waals surface area contributed by atoms with Crippen LogP contribution in [0.5, 0.6) is 0 Å². The molecule has 148 valence electrons. The molecule has 0 saturated heterocycles. The number of alkyl carbamates (subject to hydrolysis) is 1. The van der Waals surface area contributed by atoms with Crippen molar-refractivity contribution in [2.45, 2.75) is 52.7 Å². The first kappa shape index (κ1) is 20.3. The van der Waals surface area contributed by atoms with E-state index in [2.05, 4.69) is 36.3 Å². The highest BCUT2D eigenvalue weighted by Crippen LogP contribution is 2.32. The quantitative estimate of drug-likeness (QED) is 0.576. The van der Waals surface area contributed by atoms with Gasteiger partial charge >= 0.3 is 6.09 Å². The Kier molecular flexibility index (Phi) is 5.98. The van der Waals surface area contributed by atoms with E-state index in [1.54, 1.807) is 23.7 Å². The molecule has 0 radical (unpaired) electrons. The lowest BCUT2D eigenvalue weighted by Crippen LogP contribution is -2.35. The minimum atomic E-state index is -0.528. The maximum Gasteiger partial charge on any atom is 0.408 e. The second-order valence-electron chi connectivity index (χ2n) is 8.30. The fourth-order valence-electron chi connectivity index (χ4n) is 2.96. The van der Waals surface area contributed by atoms with Gasteiger partial charge in [0.25, 0.3) is 0 Å². The van der Waals surface area contributed by atoms with Crippen LogP contribution in [-0.2, 0) is 4.74 Å². The molecule has 1 amide bonds. The van der Waals surface area contributed by atoms with E-state index in [1.165, 1.54) is 0 Å². The molecule has 2 aromatic heterocycles. The summed E-state index contributed by atoms with van der Waals surface area (Å²) in [6.45, 7) is 9.87. The van der Waals surface area contributed by atoms with E-state index in [4.69, 9.17) is 9.72 Å². The first-order valence-electron chi connectivity index (χ1n) is 9.51. The average molecular weight is 398 g/mol. The molecule has 0 saturated carbocycles. The molecule has 1 N–H and O–H groups in total. The third-order valence-corrected chi connectivity index (χ3v) is 5.25. The molecule has 1 unspecified atom stereocenters. The molecular weight excluding hydrogens is 370 g/mol. The molecule has 0 aliphatic carbocycles. The van der Waals surface area contributed by atoms with Crippen LogP contribution >= 0.6 is 11.3 Å². The predicted octanol–water partition coefficient (Wildman–Crippen LogP) is 5.97. The first-order chi connectivity index (χ1) is 13.2. The number of rotatable bonds is 5. The summed E-state index contributed by atoms with van der Waals surface area (Å²) in [4.78, 5) is 21.2. The Bertz CT molecular complexity index is 945. The van der Waals surface area contributed by atoms with Crippen LogP contribution in [0.3, 0.4) is 0 Å². The number of fused-ring (bicyclic) bond motifs is 1. The van der Waals surface area contributed by atoms with Gasteiger partial charge in [-0.1, -0.05) is 19.9 Å². The number of nitrogens with one attached hydrogen (secondary N) is 1. The van der Waals surface area contributed by atoms with Crippen LogP contribution in [0.25, 0.3) is 21.3 Å². The number of hydrogen-bond acceptors (Lipinski definition) is 5. The molecule has 5 nitrogen and oxygen atoms in total. The van der Waals surface area contributed by atoms with Gasteiger partial charge < -0.3 is 10.1 Å². The topological polar surface area (TPSA) is 64.1 Å². The van der Waals surface area contributed by atoms with Crippen LogP contribution < -0.4 is 5.32 Å². The van der Waals surface area contributed by atoms with Crippen molar-refractivity contribution in [2.75, 3.05) is 0 Å². The van der Waals surface area contributed by atoms with E-state index in [0.29, 0.717) is 5.92 Å². The van der Waals surface area contributed by atoms with Gasteiger partial charge in [-0.25, -0.2) is 9.78 Å². The first-order valence-corrected chi connectivity index (χ1v) is 10.3. The van der Waals surface area contributed by atoms with Gasteiger partial charge in [-0.15, -0.1) is 11.3 Å². The van der Waals surface area contributed by atoms with E-state index >= 15 is 0 Å². The number of aromatic nitrogens is 2. The largest absolute Gasteiger partial charge is 0.444 e. The fraction of sp³-hybridized carbons (Fsp3) is 0.409. The van der Waals surface area contributed by atoms with Gasteiger partial charge in [0.05, 0.1) is 16.3 Å². The Morgan fingerprint density at radius 1 is 1.14 bits per heavy atom. The molecular formula is C22H27N3O2S. The number of thiazole rings is 1. The van der Waals surface area contributed by atoms with Crippen LogP contribution in [0.2, 0.25) is 0 Å². The van der Waals surface area contributed by atoms with E-state index in [-0.39, 0.29) is 6.04 Å². The molecule has 0 fully saturated rings. The number of benzene rings is 1. The van der Waals surface area contributed by atoms with Crippen molar-refractivity contribution in [1.29, 1.82) is 0 Å². The highest BCUT2D eigenvalue weighted by molar-refractivity contribution is 7.18. The van der Waals surface area contributed by atoms with Gasteiger partial charge in [-0.3, -0.25) is 4.98 Å². The molecule has 0 aliphatic heterocycles. The van der Waals surface area contributed by atoms with Gasteiger partial charge in [0.2, 0.25) is 0 Å². The van der Waals surface area contributed by atoms with Crippen molar-refractivity contribution in [3.05, 3.63) is 47.7 Å². The zero-order valence-electron chi connectivity index (χ0n) is 17.0. The molecule has 1 atom stereocenters. The van der Waals surface area contributed by atoms with Crippen molar-refractivity contribution < 1.29 is 9.53 Å². The minimum absolute atomic E-state index is 0.170. The molecule has 3 aromatic rings. The summed E-state index contributed by atoms with van der Waals surface area (Å²) in [7, 11) is 0. The summed E-state index contributed by atoms with van der Waals surface area (Å²) in [6, 6.07) is 10.1. The van der Waals surface area contributed by atoms with Crippen LogP contribution in [0.1, 0.15) is 52.1 Å². The van der Waals surface area contributed by atoms with Crippen molar-refractivity contribution in [1.82, 2.24) is 15.3 Å². The van der Waals surface area contributed by atoms with Crippen LogP contribution in [0.15, 0.2) is 42.7 Å². The molecule has 0 spiro atoms. The maximum atomic E-state index is 12.3. The van der Waals surface area contributed by atoms with E-state index in [9.17, 15) is 4.79 Å². The molecule has 2 heterocycles. The summed E-state index contributed by atoms with van der Waals surface area (Å²) in [5.41, 5.74) is 2.67. The maximum absolute atomic E-state index is 12.3. The Labute approximate surface area is 170 Å². The summed E-state index contributed by atoms with van der Waals surface area (Å²) in [6.07, 6.45) is 3.98. The Hall–Kier alpha value is -2.47. The number of hydrogen-bond donors (Lipinski definition) is 1. The van der Waals surface area contributed by atoms with Crippen molar-refractivity contribution in [3.63, 3.8) is 0 Å². The second kappa shape index (κ2) is 8.27. The average Bonchev–Trinajstić information content (AvgIpc) is 3.03. The lowest BCUT2D eigenvalue weighted by Gasteiger charge is -2.23. The second-order valence-corrected chi connectivity index (χ2v) is 9.36. The van der Waals surface area contributed by atoms with Gasteiger partial charge in [-0.05, 0) is 68.5 Å². The Morgan fingerprint density at radius 3 is 2.50 bits per heavy atom. The SMILES string of the molecule is CC(C)CC(NC(=O)OC(C)(C)C)c1nc2ccc(-c3ccncc3)cc2s1. The van der Waals surface area contributed by atoms with Gasteiger partial charge in [0.15, 0.2) is 0 Å². The Balaban J connectivity index is 1.88. The molecule has 0 aliphatic rings. The fourth-order valence-corrected chi connectivity index (χ4v) is 4.03. The Morgan fingerprint density at radius 2 is 1.86 bits per heavy atom. The zero-order chi connectivity index (χ0) is 20.3. The van der Waals surface area contributed by atoms with Gasteiger partial charge in [0, 0.05) is 12.4 Å². The van der Waals surface area contributed by atoms with E-state index in [1.807, 2.05) is 39.0 Å². The lowest BCUT2D eigenvalue weighted by molar-refractivity contribution is 0.0498. The monoisotopic (exact) mass is 397 g/mol. The van der Waals surface area contributed by atoms with Gasteiger partial charge in [0.1, 0.15) is 10.6 Å². The molecule has 1 aromatic carbocycles. The molecule has 0 bridgehead atoms. The summed E-state index contributed by atoms with van der Waals surface area (Å²) < 4.78 is 6.54. The normalized spacial score (nSPS) is 12.9. The predicted molar refractivity (Wildman–Crippen MR) is 114 cm³/mol. The third-order valence-electron chi connectivity index (χ3n) is 4.11. The number of carbonyl (C=O) groups is 1. The summed E-state index contributed by atoms with van der Waals surface area (Å²) >= 11 is 1.62. The molecule has 3 rings (SSSR count). The van der Waals surface area contributed by atoms with Crippen LogP contribution in [0.4, 0.5) is 4.79 Å². The highest BCUT2D eigenvalue weighted by atomic mass is 32.1. The number of ether oxygens (including phenoxy) is 1. The number of amides is 1. The van der Waals surface area contributed by atoms with Crippen molar-refractivity contribution in [3.8, 4) is 11.1 Å². The number of carbonyl (C=O) groups excluding carboxylic acids is 1. The smallest absolute Gasteiger partial charge is 0.408 e. The molecule has 6 heteroatoms. The van der Waals surface area contributed by atoms with E-state index in [0.717, 1.165) is 32.8 Å². The zero-order valence-corrected chi connectivity index (χ0v) is 17.8. The number of nitrogens with zero attached hydrogens (tertiary/aromatic N) is 2. The van der Waals surface area contributed by atoms with Crippen LogP contribution in [0, 0.1) is 5.92 Å². The lowest BCUT2D eigenvalue weighted by atomic mass is 10.0. The third kappa shape index (κ3) is 5.29. The highest BCUT2D eigenvalue weighted by Gasteiger charge is 2.23. The summed E-state index contributed by atoms with van der Waals surface area (Å²) in [5, 5.41) is 3.91. The number of pyridine rings is 1. The van der Waals surface area contributed by atoms with Crippen molar-refractivity contribution in [2.24, 2.45) is 5.92 Å². The standard InChI is InChI=1S/C22H27N3O2S/c1-14(2)12-18(25-21(26)27-22(3,4)5)20-24-17-7-6-16(13-19(17)28-20)15-8-10-23-11-9-15/h6-11,13-14,18H,12H2,1-5H3,(H,25,26). The van der Waals surface area contributed by atoms with Crippen LogP contribution in [-0.4, -0.2) is 21.7 Å². The minimum Gasteiger partial charge on any atom is -0.444 e. The van der Waals surface area contributed by atoms with Gasteiger partial charge in [-0.2, -0.15) is 0 Å². The van der Waals surface area contributed by atoms with Crippen molar-refractivity contribution >= 4 is 27.6 Å². The van der Waals surface area contributed by atoms with E-state index < -0.39 is 11.7 Å². The summed E-state index contributed by atoms with van der Waals surface area (Å²) in [5.74, 6) is 0.416.